The van der Waals surface area contributed by atoms with E-state index in [1.165, 1.54) is 12.1 Å². The van der Waals surface area contributed by atoms with Gasteiger partial charge >= 0.3 is 6.09 Å². The van der Waals surface area contributed by atoms with Crippen molar-refractivity contribution in [3.05, 3.63) is 30.1 Å². The molecule has 1 aromatic rings. The van der Waals surface area contributed by atoms with Gasteiger partial charge in [0.2, 0.25) is 0 Å². The van der Waals surface area contributed by atoms with Crippen LogP contribution in [-0.2, 0) is 4.74 Å². The number of nitrogens with one attached hydrogen (secondary N) is 2. The van der Waals surface area contributed by atoms with E-state index in [-0.39, 0.29) is 11.7 Å². The number of anilines is 1. The minimum atomic E-state index is -0.618. The molecule has 1 atom stereocenters. The van der Waals surface area contributed by atoms with Crippen molar-refractivity contribution in [3.63, 3.8) is 0 Å². The van der Waals surface area contributed by atoms with Crippen LogP contribution in [0.5, 0.6) is 0 Å². The van der Waals surface area contributed by atoms with E-state index in [0.29, 0.717) is 6.61 Å². The topological polar surface area (TPSA) is 50.4 Å². The first-order valence-electron chi connectivity index (χ1n) is 6.17. The van der Waals surface area contributed by atoms with Crippen LogP contribution >= 0.6 is 0 Å². The van der Waals surface area contributed by atoms with Gasteiger partial charge in [-0.3, -0.25) is 5.32 Å². The Morgan fingerprint density at radius 3 is 3.00 bits per heavy atom. The van der Waals surface area contributed by atoms with Crippen molar-refractivity contribution >= 4 is 11.8 Å². The minimum absolute atomic E-state index is 0.138. The smallest absolute Gasteiger partial charge is 0.411 e. The second kappa shape index (κ2) is 6.35. The highest BCUT2D eigenvalue weighted by atomic mass is 19.1. The van der Waals surface area contributed by atoms with Gasteiger partial charge in [0, 0.05) is 6.04 Å². The van der Waals surface area contributed by atoms with Gasteiger partial charge in [-0.05, 0) is 31.5 Å². The molecular weight excluding hydrogens is 235 g/mol. The number of amides is 1. The van der Waals surface area contributed by atoms with Gasteiger partial charge in [-0.15, -0.1) is 0 Å². The molecule has 0 aromatic heterocycles. The van der Waals surface area contributed by atoms with Crippen LogP contribution in [0.1, 0.15) is 19.3 Å². The molecule has 0 spiro atoms. The quantitative estimate of drug-likeness (QED) is 0.869. The van der Waals surface area contributed by atoms with Crippen LogP contribution in [0.2, 0.25) is 0 Å². The first kappa shape index (κ1) is 12.8. The second-order valence-corrected chi connectivity index (χ2v) is 4.35. The predicted octanol–water partition coefficient (Wildman–Crippen LogP) is 2.52. The zero-order valence-corrected chi connectivity index (χ0v) is 10.1. The molecule has 1 fully saturated rings. The van der Waals surface area contributed by atoms with Gasteiger partial charge in [0.1, 0.15) is 12.4 Å². The molecule has 1 saturated heterocycles. The number of halogens is 1. The molecule has 0 aliphatic carbocycles. The normalized spacial score (nSPS) is 19.3. The molecule has 0 saturated carbocycles. The van der Waals surface area contributed by atoms with Crippen LogP contribution in [0.25, 0.3) is 0 Å². The molecule has 98 valence electrons. The Morgan fingerprint density at radius 1 is 1.44 bits per heavy atom. The second-order valence-electron chi connectivity index (χ2n) is 4.35. The molecule has 4 nitrogen and oxygen atoms in total. The van der Waals surface area contributed by atoms with Crippen molar-refractivity contribution in [2.45, 2.75) is 25.3 Å². The fraction of sp³-hybridized carbons (Fsp3) is 0.462. The van der Waals surface area contributed by atoms with Crippen LogP contribution in [0.3, 0.4) is 0 Å². The number of hydrogen-bond donors (Lipinski definition) is 2. The average Bonchev–Trinajstić information content (AvgIpc) is 2.40. The third-order valence-electron chi connectivity index (χ3n) is 2.94. The number of para-hydroxylation sites is 1. The zero-order valence-electron chi connectivity index (χ0n) is 10.1. The predicted molar refractivity (Wildman–Crippen MR) is 67.0 cm³/mol. The highest BCUT2D eigenvalue weighted by molar-refractivity contribution is 5.84. The summed E-state index contributed by atoms with van der Waals surface area (Å²) in [4.78, 5) is 11.5. The Hall–Kier alpha value is -1.62. The number of hydrogen-bond acceptors (Lipinski definition) is 3. The van der Waals surface area contributed by atoms with Crippen molar-refractivity contribution < 1.29 is 13.9 Å². The highest BCUT2D eigenvalue weighted by Gasteiger charge is 2.15. The van der Waals surface area contributed by atoms with E-state index in [1.54, 1.807) is 12.1 Å². The molecule has 18 heavy (non-hydrogen) atoms. The van der Waals surface area contributed by atoms with E-state index < -0.39 is 11.9 Å². The summed E-state index contributed by atoms with van der Waals surface area (Å²) in [5.41, 5.74) is 0.138. The summed E-state index contributed by atoms with van der Waals surface area (Å²) >= 11 is 0. The lowest BCUT2D eigenvalue weighted by molar-refractivity contribution is 0.141. The van der Waals surface area contributed by atoms with Crippen LogP contribution in [0, 0.1) is 5.82 Å². The molecule has 1 aliphatic rings. The molecular formula is C13H17FN2O2. The van der Waals surface area contributed by atoms with Crippen molar-refractivity contribution in [1.82, 2.24) is 5.32 Å². The molecule has 5 heteroatoms. The molecule has 2 N–H and O–H groups in total. The van der Waals surface area contributed by atoms with Gasteiger partial charge in [-0.2, -0.15) is 0 Å². The monoisotopic (exact) mass is 252 g/mol. The Labute approximate surface area is 106 Å². The fourth-order valence-corrected chi connectivity index (χ4v) is 1.95. The summed E-state index contributed by atoms with van der Waals surface area (Å²) in [6, 6.07) is 6.22. The molecule has 2 rings (SSSR count). The zero-order chi connectivity index (χ0) is 12.8. The Kier molecular flexibility index (Phi) is 4.52. The van der Waals surface area contributed by atoms with E-state index in [1.807, 2.05) is 0 Å². The number of piperidine rings is 1. The fourth-order valence-electron chi connectivity index (χ4n) is 1.95. The third-order valence-corrected chi connectivity index (χ3v) is 2.94. The number of ether oxygens (including phenoxy) is 1. The van der Waals surface area contributed by atoms with Crippen LogP contribution in [0.15, 0.2) is 24.3 Å². The molecule has 1 heterocycles. The Bertz CT molecular complexity index is 406. The lowest BCUT2D eigenvalue weighted by Gasteiger charge is -2.22. The van der Waals surface area contributed by atoms with Crippen LogP contribution in [-0.4, -0.2) is 25.3 Å². The van der Waals surface area contributed by atoms with Crippen LogP contribution < -0.4 is 10.6 Å². The molecule has 1 unspecified atom stereocenters. The van der Waals surface area contributed by atoms with Crippen molar-refractivity contribution in [2.24, 2.45) is 0 Å². The van der Waals surface area contributed by atoms with Gasteiger partial charge in [-0.1, -0.05) is 18.6 Å². The average molecular weight is 252 g/mol. The van der Waals surface area contributed by atoms with E-state index in [9.17, 15) is 9.18 Å². The molecule has 1 amide bonds. The van der Waals surface area contributed by atoms with Gasteiger partial charge in [0.15, 0.2) is 0 Å². The van der Waals surface area contributed by atoms with Gasteiger partial charge in [0.05, 0.1) is 5.69 Å². The highest BCUT2D eigenvalue weighted by Crippen LogP contribution is 2.13. The number of rotatable bonds is 3. The van der Waals surface area contributed by atoms with E-state index in [4.69, 9.17) is 4.74 Å². The van der Waals surface area contributed by atoms with E-state index >= 15 is 0 Å². The summed E-state index contributed by atoms with van der Waals surface area (Å²) in [7, 11) is 0. The van der Waals surface area contributed by atoms with Crippen molar-refractivity contribution in [1.29, 1.82) is 0 Å². The third kappa shape index (κ3) is 3.70. The first-order chi connectivity index (χ1) is 8.75. The van der Waals surface area contributed by atoms with E-state index in [0.717, 1.165) is 25.8 Å². The van der Waals surface area contributed by atoms with Gasteiger partial charge in [0.25, 0.3) is 0 Å². The van der Waals surface area contributed by atoms with Crippen molar-refractivity contribution in [2.75, 3.05) is 18.5 Å². The molecule has 1 aromatic carbocycles. The lowest BCUT2D eigenvalue weighted by atomic mass is 10.1. The largest absolute Gasteiger partial charge is 0.448 e. The van der Waals surface area contributed by atoms with E-state index in [2.05, 4.69) is 10.6 Å². The maximum absolute atomic E-state index is 13.3. The summed E-state index contributed by atoms with van der Waals surface area (Å²) in [6.07, 6.45) is 2.70. The number of carbonyl (C=O) groups is 1. The van der Waals surface area contributed by atoms with Crippen molar-refractivity contribution in [3.8, 4) is 0 Å². The summed E-state index contributed by atoms with van der Waals surface area (Å²) in [5.74, 6) is -0.467. The van der Waals surface area contributed by atoms with Gasteiger partial charge in [-0.25, -0.2) is 9.18 Å². The SMILES string of the molecule is O=C(Nc1ccccc1F)OCC1CCCCN1. The maximum Gasteiger partial charge on any atom is 0.411 e. The number of benzene rings is 1. The van der Waals surface area contributed by atoms with Gasteiger partial charge < -0.3 is 10.1 Å². The lowest BCUT2D eigenvalue weighted by Crippen LogP contribution is -2.38. The Morgan fingerprint density at radius 2 is 2.28 bits per heavy atom. The standard InChI is InChI=1S/C13H17FN2O2/c14-11-6-1-2-7-12(11)16-13(17)18-9-10-5-3-4-8-15-10/h1-2,6-7,10,15H,3-5,8-9H2,(H,16,17). The summed E-state index contributed by atoms with van der Waals surface area (Å²) < 4.78 is 18.3. The molecule has 0 bridgehead atoms. The molecule has 0 radical (unpaired) electrons. The number of carbonyl (C=O) groups excluding carboxylic acids is 1. The molecule has 1 aliphatic heterocycles. The Balaban J connectivity index is 1.76. The maximum atomic E-state index is 13.3. The van der Waals surface area contributed by atoms with Crippen LogP contribution in [0.4, 0.5) is 14.9 Å². The first-order valence-corrected chi connectivity index (χ1v) is 6.17. The summed E-state index contributed by atoms with van der Waals surface area (Å²) in [6.45, 7) is 1.28. The minimum Gasteiger partial charge on any atom is -0.448 e. The summed E-state index contributed by atoms with van der Waals surface area (Å²) in [5, 5.41) is 5.66.